The number of hydrogen-bond donors (Lipinski definition) is 1. The molecule has 3 amide bonds. The highest BCUT2D eigenvalue weighted by atomic mass is 19.3. The standard InChI is InChI=1S/C32H46F2N4O2/c1-22(2)38-30(40)36(20-23-8-9-23)21-31(38)18-26-10-11-27(19-31)37(26)17-14-28(24-6-4-3-5-7-24)35-29(39)25-12-15-32(33,34)16-13-25/h3-7,22-23,25-28H,8-21H2,1-2H3,(H,35,39)/t26?,27?,28-,31?/m0/s1. The minimum Gasteiger partial charge on any atom is -0.349 e. The van der Waals surface area contributed by atoms with E-state index in [-0.39, 0.29) is 61.2 Å². The number of halogens is 2. The average molecular weight is 557 g/mol. The molecule has 3 saturated heterocycles. The van der Waals surface area contributed by atoms with Crippen molar-refractivity contribution in [3.63, 3.8) is 0 Å². The van der Waals surface area contributed by atoms with E-state index in [9.17, 15) is 18.4 Å². The Morgan fingerprint density at radius 2 is 1.65 bits per heavy atom. The molecule has 1 aromatic rings. The molecule has 5 aliphatic rings. The van der Waals surface area contributed by atoms with Crippen molar-refractivity contribution in [1.82, 2.24) is 20.0 Å². The molecule has 1 N–H and O–H groups in total. The summed E-state index contributed by atoms with van der Waals surface area (Å²) in [6, 6.07) is 11.3. The van der Waals surface area contributed by atoms with Gasteiger partial charge >= 0.3 is 6.03 Å². The van der Waals surface area contributed by atoms with Crippen LogP contribution in [0.2, 0.25) is 0 Å². The van der Waals surface area contributed by atoms with Crippen molar-refractivity contribution in [2.75, 3.05) is 19.6 Å². The number of nitrogens with one attached hydrogen (secondary N) is 1. The normalized spacial score (nSPS) is 31.4. The van der Waals surface area contributed by atoms with E-state index in [4.69, 9.17) is 0 Å². The molecule has 6 rings (SSSR count). The molecule has 40 heavy (non-hydrogen) atoms. The molecule has 1 spiro atoms. The molecule has 0 radical (unpaired) electrons. The summed E-state index contributed by atoms with van der Waals surface area (Å²) in [6.07, 6.45) is 7.76. The summed E-state index contributed by atoms with van der Waals surface area (Å²) >= 11 is 0. The van der Waals surface area contributed by atoms with Crippen LogP contribution >= 0.6 is 0 Å². The fourth-order valence-corrected chi connectivity index (χ4v) is 8.36. The molecular weight excluding hydrogens is 510 g/mol. The van der Waals surface area contributed by atoms with Crippen molar-refractivity contribution in [3.8, 4) is 0 Å². The first-order valence-corrected chi connectivity index (χ1v) is 15.7. The largest absolute Gasteiger partial charge is 0.349 e. The van der Waals surface area contributed by atoms with Gasteiger partial charge in [-0.05, 0) is 83.1 Å². The molecule has 220 valence electrons. The third-order valence-corrected chi connectivity index (χ3v) is 10.4. The summed E-state index contributed by atoms with van der Waals surface area (Å²) in [4.78, 5) is 33.7. The maximum atomic E-state index is 13.7. The van der Waals surface area contributed by atoms with Crippen LogP contribution in [0.4, 0.5) is 13.6 Å². The van der Waals surface area contributed by atoms with E-state index < -0.39 is 5.92 Å². The van der Waals surface area contributed by atoms with E-state index in [0.717, 1.165) is 57.3 Å². The summed E-state index contributed by atoms with van der Waals surface area (Å²) < 4.78 is 27.4. The van der Waals surface area contributed by atoms with E-state index in [0.29, 0.717) is 18.0 Å². The molecule has 2 aliphatic carbocycles. The van der Waals surface area contributed by atoms with Crippen LogP contribution in [0.1, 0.15) is 96.1 Å². The summed E-state index contributed by atoms with van der Waals surface area (Å²) in [5.74, 6) is -2.36. The molecule has 2 saturated carbocycles. The lowest BCUT2D eigenvalue weighted by atomic mass is 9.81. The van der Waals surface area contributed by atoms with Gasteiger partial charge in [-0.15, -0.1) is 0 Å². The quantitative estimate of drug-likeness (QED) is 0.407. The second-order valence-corrected chi connectivity index (χ2v) is 13.7. The van der Waals surface area contributed by atoms with Crippen molar-refractivity contribution in [2.45, 2.75) is 120 Å². The van der Waals surface area contributed by atoms with Crippen LogP contribution in [-0.2, 0) is 4.79 Å². The first kappa shape index (κ1) is 27.9. The molecule has 2 unspecified atom stereocenters. The molecule has 5 fully saturated rings. The van der Waals surface area contributed by atoms with Gasteiger partial charge in [0.15, 0.2) is 0 Å². The van der Waals surface area contributed by atoms with Crippen molar-refractivity contribution >= 4 is 11.9 Å². The Labute approximate surface area is 237 Å². The Bertz CT molecular complexity index is 1050. The van der Waals surface area contributed by atoms with Gasteiger partial charge < -0.3 is 15.1 Å². The number of benzene rings is 1. The summed E-state index contributed by atoms with van der Waals surface area (Å²) in [7, 11) is 0. The molecule has 2 bridgehead atoms. The maximum Gasteiger partial charge on any atom is 0.320 e. The van der Waals surface area contributed by atoms with E-state index >= 15 is 0 Å². The molecule has 3 aliphatic heterocycles. The van der Waals surface area contributed by atoms with E-state index in [2.05, 4.69) is 46.0 Å². The first-order valence-electron chi connectivity index (χ1n) is 15.7. The number of rotatable bonds is 9. The number of alkyl halides is 2. The maximum absolute atomic E-state index is 13.7. The van der Waals surface area contributed by atoms with Gasteiger partial charge in [0.25, 0.3) is 0 Å². The van der Waals surface area contributed by atoms with Crippen LogP contribution in [0.5, 0.6) is 0 Å². The third-order valence-electron chi connectivity index (χ3n) is 10.4. The van der Waals surface area contributed by atoms with Gasteiger partial charge in [-0.2, -0.15) is 0 Å². The van der Waals surface area contributed by atoms with Crippen LogP contribution in [0.3, 0.4) is 0 Å². The van der Waals surface area contributed by atoms with E-state index in [1.54, 1.807) is 0 Å². The monoisotopic (exact) mass is 556 g/mol. The fraction of sp³-hybridized carbons (Fsp3) is 0.750. The van der Waals surface area contributed by atoms with Crippen molar-refractivity contribution < 1.29 is 18.4 Å². The van der Waals surface area contributed by atoms with Crippen molar-refractivity contribution in [1.29, 1.82) is 0 Å². The number of urea groups is 1. The smallest absolute Gasteiger partial charge is 0.320 e. The number of nitrogens with zero attached hydrogens (tertiary/aromatic N) is 3. The summed E-state index contributed by atoms with van der Waals surface area (Å²) in [6.45, 7) is 6.99. The van der Waals surface area contributed by atoms with Gasteiger partial charge in [-0.3, -0.25) is 9.69 Å². The highest BCUT2D eigenvalue weighted by Crippen LogP contribution is 2.48. The Kier molecular flexibility index (Phi) is 7.60. The third kappa shape index (κ3) is 5.62. The average Bonchev–Trinajstić information content (AvgIpc) is 3.64. The van der Waals surface area contributed by atoms with Gasteiger partial charge in [0.2, 0.25) is 11.8 Å². The Morgan fingerprint density at radius 1 is 1.00 bits per heavy atom. The van der Waals surface area contributed by atoms with E-state index in [1.165, 1.54) is 12.8 Å². The number of hydrogen-bond acceptors (Lipinski definition) is 3. The van der Waals surface area contributed by atoms with Gasteiger partial charge in [-0.1, -0.05) is 30.3 Å². The zero-order valence-electron chi connectivity index (χ0n) is 24.2. The first-order chi connectivity index (χ1) is 19.1. The van der Waals surface area contributed by atoms with Gasteiger partial charge in [0.05, 0.1) is 11.6 Å². The number of fused-ring (bicyclic) bond motifs is 2. The lowest BCUT2D eigenvalue weighted by Crippen LogP contribution is -2.60. The molecule has 0 aromatic heterocycles. The lowest BCUT2D eigenvalue weighted by molar-refractivity contribution is -0.130. The zero-order valence-corrected chi connectivity index (χ0v) is 24.2. The van der Waals surface area contributed by atoms with Crippen LogP contribution in [0.15, 0.2) is 30.3 Å². The molecule has 8 heteroatoms. The van der Waals surface area contributed by atoms with Gasteiger partial charge in [0, 0.05) is 56.5 Å². The van der Waals surface area contributed by atoms with Crippen LogP contribution in [0, 0.1) is 11.8 Å². The number of carbonyl (C=O) groups excluding carboxylic acids is 2. The predicted molar refractivity (Wildman–Crippen MR) is 151 cm³/mol. The molecule has 1 aromatic carbocycles. The zero-order chi connectivity index (χ0) is 28.1. The molecular formula is C32H46F2N4O2. The number of carbonyl (C=O) groups is 2. The molecule has 3 atom stereocenters. The Morgan fingerprint density at radius 3 is 2.25 bits per heavy atom. The number of piperidine rings is 1. The highest BCUT2D eigenvalue weighted by molar-refractivity contribution is 5.79. The lowest BCUT2D eigenvalue weighted by Gasteiger charge is -2.49. The van der Waals surface area contributed by atoms with E-state index in [1.807, 2.05) is 18.2 Å². The van der Waals surface area contributed by atoms with Crippen LogP contribution < -0.4 is 5.32 Å². The van der Waals surface area contributed by atoms with Crippen LogP contribution in [-0.4, -0.2) is 75.9 Å². The predicted octanol–water partition coefficient (Wildman–Crippen LogP) is 5.98. The fourth-order valence-electron chi connectivity index (χ4n) is 8.36. The summed E-state index contributed by atoms with van der Waals surface area (Å²) in [5, 5.41) is 3.26. The van der Waals surface area contributed by atoms with Crippen LogP contribution in [0.25, 0.3) is 0 Å². The Hall–Kier alpha value is -2.22. The minimum atomic E-state index is -2.63. The highest BCUT2D eigenvalue weighted by Gasteiger charge is 2.58. The second kappa shape index (κ2) is 10.9. The van der Waals surface area contributed by atoms with Crippen molar-refractivity contribution in [2.24, 2.45) is 11.8 Å². The second-order valence-electron chi connectivity index (χ2n) is 13.7. The van der Waals surface area contributed by atoms with Gasteiger partial charge in [0.1, 0.15) is 0 Å². The SMILES string of the molecule is CC(C)N1C(=O)N(CC2CC2)CC12CC1CCC(C2)N1CC[C@H](NC(=O)C1CCC(F)(F)CC1)c1ccccc1. The summed E-state index contributed by atoms with van der Waals surface area (Å²) in [5.41, 5.74) is 0.999. The van der Waals surface area contributed by atoms with Crippen molar-refractivity contribution in [3.05, 3.63) is 35.9 Å². The topological polar surface area (TPSA) is 55.9 Å². The molecule has 6 nitrogen and oxygen atoms in total. The minimum absolute atomic E-state index is 0.0709. The Balaban J connectivity index is 1.12. The van der Waals surface area contributed by atoms with Gasteiger partial charge in [-0.25, -0.2) is 13.6 Å². The number of amides is 3. The molecule has 3 heterocycles.